The highest BCUT2D eigenvalue weighted by Crippen LogP contribution is 2.33. The lowest BCUT2D eigenvalue weighted by Crippen LogP contribution is -2.19. The van der Waals surface area contributed by atoms with Gasteiger partial charge < -0.3 is 9.84 Å². The minimum absolute atomic E-state index is 0.434. The Morgan fingerprint density at radius 3 is 2.50 bits per heavy atom. The highest BCUT2D eigenvalue weighted by atomic mass is 19.4. The quantitative estimate of drug-likeness (QED) is 0.856. The lowest BCUT2D eigenvalue weighted by Gasteiger charge is -2.13. The van der Waals surface area contributed by atoms with Gasteiger partial charge in [-0.15, -0.1) is 13.2 Å². The van der Waals surface area contributed by atoms with Gasteiger partial charge in [0.15, 0.2) is 5.69 Å². The van der Waals surface area contributed by atoms with Crippen molar-refractivity contribution in [1.82, 2.24) is 4.98 Å². The second kappa shape index (κ2) is 5.03. The summed E-state index contributed by atoms with van der Waals surface area (Å²) in [7, 11) is 0. The van der Waals surface area contributed by atoms with E-state index in [0.717, 1.165) is 0 Å². The molecule has 0 aliphatic carbocycles. The molecule has 0 saturated carbocycles. The summed E-state index contributed by atoms with van der Waals surface area (Å²) in [6.45, 7) is 0. The first kappa shape index (κ1) is 14.0. The molecule has 0 radical (unpaired) electrons. The number of aromatic hydroxyl groups is 1. The van der Waals surface area contributed by atoms with Gasteiger partial charge in [0.25, 0.3) is 6.43 Å². The van der Waals surface area contributed by atoms with Crippen LogP contribution in [0.15, 0.2) is 6.07 Å². The molecule has 9 heteroatoms. The van der Waals surface area contributed by atoms with E-state index in [2.05, 4.69) is 9.72 Å². The Labute approximate surface area is 97.2 Å². The number of hydrogen-bond acceptors (Lipinski definition) is 4. The number of ether oxygens (including phenoxy) is 1. The molecule has 1 aromatic rings. The highest BCUT2D eigenvalue weighted by Gasteiger charge is 2.34. The van der Waals surface area contributed by atoms with E-state index in [4.69, 9.17) is 10.4 Å². The molecule has 1 rings (SSSR count). The Kier molecular flexibility index (Phi) is 3.90. The fourth-order valence-corrected chi connectivity index (χ4v) is 1.11. The van der Waals surface area contributed by atoms with Gasteiger partial charge in [-0.1, -0.05) is 0 Å². The monoisotopic (exact) mass is 268 g/mol. The predicted octanol–water partition coefficient (Wildman–Crippen LogP) is 2.69. The number of hydrogen-bond donors (Lipinski definition) is 1. The molecule has 0 amide bonds. The van der Waals surface area contributed by atoms with Crippen molar-refractivity contribution in [3.8, 4) is 17.7 Å². The van der Waals surface area contributed by atoms with Crippen molar-refractivity contribution < 1.29 is 31.8 Å². The van der Waals surface area contributed by atoms with Crippen LogP contribution >= 0.6 is 0 Å². The third-order valence-electron chi connectivity index (χ3n) is 1.76. The lowest BCUT2D eigenvalue weighted by molar-refractivity contribution is -0.276. The topological polar surface area (TPSA) is 66.1 Å². The average molecular weight is 268 g/mol. The van der Waals surface area contributed by atoms with Crippen LogP contribution in [-0.4, -0.2) is 16.5 Å². The smallest absolute Gasteiger partial charge is 0.506 e. The maximum absolute atomic E-state index is 12.3. The van der Waals surface area contributed by atoms with E-state index >= 15 is 0 Å². The molecule has 18 heavy (non-hydrogen) atoms. The zero-order valence-corrected chi connectivity index (χ0v) is 8.50. The zero-order chi connectivity index (χ0) is 13.9. The van der Waals surface area contributed by atoms with Gasteiger partial charge >= 0.3 is 6.36 Å². The summed E-state index contributed by atoms with van der Waals surface area (Å²) in [6, 6.07) is 2.10. The molecule has 0 saturated heterocycles. The molecule has 0 aliphatic rings. The number of rotatable bonds is 3. The summed E-state index contributed by atoms with van der Waals surface area (Å²) in [4.78, 5) is 2.88. The summed E-state index contributed by atoms with van der Waals surface area (Å²) < 4.78 is 64.1. The maximum Gasteiger partial charge on any atom is 0.574 e. The fraction of sp³-hybridized carbons (Fsp3) is 0.333. The van der Waals surface area contributed by atoms with E-state index in [1.165, 1.54) is 6.07 Å². The van der Waals surface area contributed by atoms with Crippen LogP contribution in [0, 0.1) is 11.3 Å². The Hall–Kier alpha value is -2.11. The Balaban J connectivity index is 3.27. The zero-order valence-electron chi connectivity index (χ0n) is 8.50. The molecule has 0 unspecified atom stereocenters. The molecule has 0 fully saturated rings. The van der Waals surface area contributed by atoms with Crippen molar-refractivity contribution in [3.05, 3.63) is 17.3 Å². The molecule has 1 aromatic heterocycles. The second-order valence-electron chi connectivity index (χ2n) is 3.04. The second-order valence-corrected chi connectivity index (χ2v) is 3.04. The molecular weight excluding hydrogens is 263 g/mol. The average Bonchev–Trinajstić information content (AvgIpc) is 2.19. The van der Waals surface area contributed by atoms with Gasteiger partial charge in [0.05, 0.1) is 12.5 Å². The molecule has 0 bridgehead atoms. The van der Waals surface area contributed by atoms with Gasteiger partial charge in [0.2, 0.25) is 5.88 Å². The van der Waals surface area contributed by atoms with Crippen LogP contribution in [0.4, 0.5) is 22.0 Å². The third kappa shape index (κ3) is 3.44. The van der Waals surface area contributed by atoms with Crippen molar-refractivity contribution >= 4 is 0 Å². The Bertz CT molecular complexity index is 481. The van der Waals surface area contributed by atoms with Crippen molar-refractivity contribution in [2.75, 3.05) is 0 Å². The molecule has 0 aliphatic heterocycles. The van der Waals surface area contributed by atoms with Crippen LogP contribution in [0.5, 0.6) is 11.6 Å². The molecule has 4 nitrogen and oxygen atoms in total. The summed E-state index contributed by atoms with van der Waals surface area (Å²) >= 11 is 0. The molecular formula is C9H5F5N2O2. The van der Waals surface area contributed by atoms with Crippen LogP contribution in [0.2, 0.25) is 0 Å². The molecule has 1 N–H and O–H groups in total. The SMILES string of the molecule is N#CCc1cc(O)c(C(F)F)nc1OC(F)(F)F. The first-order valence-corrected chi connectivity index (χ1v) is 4.38. The molecule has 98 valence electrons. The van der Waals surface area contributed by atoms with Crippen LogP contribution in [-0.2, 0) is 6.42 Å². The van der Waals surface area contributed by atoms with Gasteiger partial charge in [-0.25, -0.2) is 13.8 Å². The number of halogens is 5. The van der Waals surface area contributed by atoms with Gasteiger partial charge in [-0.2, -0.15) is 5.26 Å². The summed E-state index contributed by atoms with van der Waals surface area (Å²) in [5.41, 5.74) is -1.67. The minimum Gasteiger partial charge on any atom is -0.506 e. The van der Waals surface area contributed by atoms with Gasteiger partial charge in [-0.05, 0) is 6.07 Å². The van der Waals surface area contributed by atoms with E-state index < -0.39 is 42.1 Å². The number of nitriles is 1. The standard InChI is InChI=1S/C9H5F5N2O2/c10-7(11)6-5(17)3-4(1-2-15)8(16-6)18-9(12,13)14/h3,7,17H,1H2. The maximum atomic E-state index is 12.3. The normalized spacial score (nSPS) is 11.4. The summed E-state index contributed by atoms with van der Waals surface area (Å²) in [5, 5.41) is 17.5. The molecule has 0 spiro atoms. The molecule has 0 aromatic carbocycles. The predicted molar refractivity (Wildman–Crippen MR) is 46.9 cm³/mol. The summed E-state index contributed by atoms with van der Waals surface area (Å²) in [6.07, 6.45) is -8.97. The van der Waals surface area contributed by atoms with Gasteiger partial charge in [-0.3, -0.25) is 0 Å². The first-order chi connectivity index (χ1) is 8.24. The van der Waals surface area contributed by atoms with Crippen LogP contribution in [0.25, 0.3) is 0 Å². The van der Waals surface area contributed by atoms with E-state index in [-0.39, 0.29) is 0 Å². The van der Waals surface area contributed by atoms with Crippen LogP contribution in [0.3, 0.4) is 0 Å². The van der Waals surface area contributed by atoms with E-state index in [9.17, 15) is 22.0 Å². The number of aromatic nitrogens is 1. The number of pyridine rings is 1. The number of alkyl halides is 5. The van der Waals surface area contributed by atoms with Gasteiger partial charge in [0, 0.05) is 5.56 Å². The molecule has 1 heterocycles. The van der Waals surface area contributed by atoms with Crippen molar-refractivity contribution in [3.63, 3.8) is 0 Å². The Morgan fingerprint density at radius 1 is 1.44 bits per heavy atom. The molecule has 0 atom stereocenters. The van der Waals surface area contributed by atoms with Crippen molar-refractivity contribution in [2.24, 2.45) is 0 Å². The lowest BCUT2D eigenvalue weighted by atomic mass is 10.2. The minimum atomic E-state index is -5.13. The highest BCUT2D eigenvalue weighted by molar-refractivity contribution is 5.39. The van der Waals surface area contributed by atoms with E-state index in [1.54, 1.807) is 0 Å². The fourth-order valence-electron chi connectivity index (χ4n) is 1.11. The Morgan fingerprint density at radius 2 is 2.06 bits per heavy atom. The third-order valence-corrected chi connectivity index (χ3v) is 1.76. The van der Waals surface area contributed by atoms with Crippen LogP contribution < -0.4 is 4.74 Å². The van der Waals surface area contributed by atoms with Crippen molar-refractivity contribution in [2.45, 2.75) is 19.2 Å². The largest absolute Gasteiger partial charge is 0.574 e. The summed E-state index contributed by atoms with van der Waals surface area (Å²) in [5.74, 6) is -2.16. The number of nitrogens with zero attached hydrogens (tertiary/aromatic N) is 2. The van der Waals surface area contributed by atoms with E-state index in [1.807, 2.05) is 0 Å². The van der Waals surface area contributed by atoms with E-state index in [0.29, 0.717) is 6.07 Å². The van der Waals surface area contributed by atoms with Crippen LogP contribution in [0.1, 0.15) is 17.7 Å². The first-order valence-electron chi connectivity index (χ1n) is 4.38. The van der Waals surface area contributed by atoms with Gasteiger partial charge in [0.1, 0.15) is 5.75 Å². The van der Waals surface area contributed by atoms with Crippen molar-refractivity contribution in [1.29, 1.82) is 5.26 Å².